The van der Waals surface area contributed by atoms with Crippen LogP contribution >= 0.6 is 0 Å². The first-order valence-corrected chi connectivity index (χ1v) is 6.63. The molecule has 0 fully saturated rings. The van der Waals surface area contributed by atoms with Crippen LogP contribution in [0.3, 0.4) is 0 Å². The third-order valence-corrected chi connectivity index (χ3v) is 3.04. The first kappa shape index (κ1) is 14.8. The van der Waals surface area contributed by atoms with Crippen molar-refractivity contribution in [2.45, 2.75) is 20.4 Å². The monoisotopic (exact) mass is 285 g/mol. The second-order valence-electron chi connectivity index (χ2n) is 5.10. The molecule has 21 heavy (non-hydrogen) atoms. The van der Waals surface area contributed by atoms with Crippen LogP contribution in [0.4, 0.5) is 5.82 Å². The van der Waals surface area contributed by atoms with E-state index in [0.29, 0.717) is 11.7 Å². The minimum absolute atomic E-state index is 0.500. The summed E-state index contributed by atoms with van der Waals surface area (Å²) in [6.07, 6.45) is 1.86. The largest absolute Gasteiger partial charge is 0.554 e. The molecular formula is C15H17N4O2-. The summed E-state index contributed by atoms with van der Waals surface area (Å²) in [5, 5.41) is 9.36. The van der Waals surface area contributed by atoms with E-state index in [4.69, 9.17) is 15.6 Å². The Morgan fingerprint density at radius 2 is 2.05 bits per heavy atom. The molecule has 3 rings (SSSR count). The normalized spacial score (nSPS) is 10.6. The highest BCUT2D eigenvalue weighted by Crippen LogP contribution is 2.27. The van der Waals surface area contributed by atoms with Gasteiger partial charge in [0.25, 0.3) is 0 Å². The molecule has 0 aliphatic carbocycles. The maximum absolute atomic E-state index is 8.25. The minimum Gasteiger partial charge on any atom is -0.554 e. The Morgan fingerprint density at radius 1 is 1.38 bits per heavy atom. The SMILES string of the molecule is CC(C)Cn1cnc2c(N)nc3ccccc3c21.O=C[O-]. The number of hydrogen-bond acceptors (Lipinski definition) is 5. The average molecular weight is 285 g/mol. The molecule has 0 aliphatic rings. The summed E-state index contributed by atoms with van der Waals surface area (Å²) in [6.45, 7) is 4.82. The maximum atomic E-state index is 8.25. The number of fused-ring (bicyclic) bond motifs is 3. The molecule has 2 heterocycles. The second kappa shape index (κ2) is 6.21. The summed E-state index contributed by atoms with van der Waals surface area (Å²) >= 11 is 0. The number of carbonyl (C=O) groups is 1. The van der Waals surface area contributed by atoms with Gasteiger partial charge in [-0.3, -0.25) is 0 Å². The third kappa shape index (κ3) is 2.94. The number of pyridine rings is 1. The zero-order chi connectivity index (χ0) is 15.4. The second-order valence-corrected chi connectivity index (χ2v) is 5.10. The van der Waals surface area contributed by atoms with Crippen molar-refractivity contribution in [1.82, 2.24) is 14.5 Å². The lowest BCUT2D eigenvalue weighted by Gasteiger charge is -2.09. The van der Waals surface area contributed by atoms with E-state index in [0.717, 1.165) is 28.5 Å². The van der Waals surface area contributed by atoms with Gasteiger partial charge in [-0.2, -0.15) is 0 Å². The highest BCUT2D eigenvalue weighted by Gasteiger charge is 2.12. The molecule has 2 N–H and O–H groups in total. The molecule has 6 heteroatoms. The zero-order valence-electron chi connectivity index (χ0n) is 12.0. The highest BCUT2D eigenvalue weighted by molar-refractivity contribution is 6.06. The predicted octanol–water partition coefficient (Wildman–Crippen LogP) is 1.19. The number of imidazole rings is 1. The van der Waals surface area contributed by atoms with E-state index >= 15 is 0 Å². The summed E-state index contributed by atoms with van der Waals surface area (Å²) in [5.41, 5.74) is 8.79. The molecule has 2 aromatic heterocycles. The number of aromatic nitrogens is 3. The van der Waals surface area contributed by atoms with Gasteiger partial charge in [0.15, 0.2) is 5.82 Å². The smallest absolute Gasteiger partial charge is 0.152 e. The molecule has 3 aromatic rings. The standard InChI is InChI=1S/C14H16N4.CH2O2/c1-9(2)7-18-8-16-12-13(18)10-5-3-4-6-11(10)17-14(12)15;2-1-3/h3-6,8-9H,7H2,1-2H3,(H2,15,17);1H,(H,2,3)/p-1. The topological polar surface area (TPSA) is 96.9 Å². The van der Waals surface area contributed by atoms with E-state index in [1.165, 1.54) is 0 Å². The van der Waals surface area contributed by atoms with Gasteiger partial charge in [-0.05, 0) is 12.0 Å². The van der Waals surface area contributed by atoms with Crippen molar-refractivity contribution in [3.05, 3.63) is 30.6 Å². The zero-order valence-corrected chi connectivity index (χ0v) is 12.0. The summed E-state index contributed by atoms with van der Waals surface area (Å²) in [7, 11) is 0. The molecule has 0 radical (unpaired) electrons. The van der Waals surface area contributed by atoms with Gasteiger partial charge >= 0.3 is 0 Å². The van der Waals surface area contributed by atoms with Crippen molar-refractivity contribution in [3.8, 4) is 0 Å². The van der Waals surface area contributed by atoms with Gasteiger partial charge in [-0.1, -0.05) is 32.0 Å². The molecule has 0 bridgehead atoms. The molecule has 0 spiro atoms. The maximum Gasteiger partial charge on any atom is 0.152 e. The Hall–Kier alpha value is -2.63. The fraction of sp³-hybridized carbons (Fsp3) is 0.267. The molecule has 1 aromatic carbocycles. The van der Waals surface area contributed by atoms with E-state index in [9.17, 15) is 0 Å². The third-order valence-electron chi connectivity index (χ3n) is 3.04. The molecule has 0 aliphatic heterocycles. The van der Waals surface area contributed by atoms with Crippen molar-refractivity contribution in [2.75, 3.05) is 5.73 Å². The van der Waals surface area contributed by atoms with Crippen LogP contribution in [-0.2, 0) is 11.3 Å². The summed E-state index contributed by atoms with van der Waals surface area (Å²) < 4.78 is 2.17. The van der Waals surface area contributed by atoms with Crippen molar-refractivity contribution in [1.29, 1.82) is 0 Å². The number of benzene rings is 1. The highest BCUT2D eigenvalue weighted by atomic mass is 16.3. The van der Waals surface area contributed by atoms with Crippen LogP contribution < -0.4 is 10.8 Å². The lowest BCUT2D eigenvalue weighted by molar-refractivity contribution is -0.283. The molecule has 0 unspecified atom stereocenters. The van der Waals surface area contributed by atoms with Crippen molar-refractivity contribution < 1.29 is 9.90 Å². The lowest BCUT2D eigenvalue weighted by Crippen LogP contribution is -2.03. The molecule has 0 amide bonds. The van der Waals surface area contributed by atoms with Crippen LogP contribution in [0.1, 0.15) is 13.8 Å². The number of carbonyl (C=O) groups excluding carboxylic acids is 1. The summed E-state index contributed by atoms with van der Waals surface area (Å²) in [4.78, 5) is 17.0. The number of rotatable bonds is 2. The Kier molecular flexibility index (Phi) is 4.37. The van der Waals surface area contributed by atoms with E-state index in [1.54, 1.807) is 0 Å². The Bertz CT molecular complexity index is 765. The summed E-state index contributed by atoms with van der Waals surface area (Å²) in [5.74, 6) is 1.07. The molecule has 6 nitrogen and oxygen atoms in total. The summed E-state index contributed by atoms with van der Waals surface area (Å²) in [6, 6.07) is 8.05. The Balaban J connectivity index is 0.000000497. The minimum atomic E-state index is -0.500. The average Bonchev–Trinajstić information content (AvgIpc) is 2.84. The molecular weight excluding hydrogens is 268 g/mol. The van der Waals surface area contributed by atoms with E-state index in [1.807, 2.05) is 24.5 Å². The lowest BCUT2D eigenvalue weighted by atomic mass is 10.1. The number of nitrogen functional groups attached to an aromatic ring is 1. The molecule has 0 atom stereocenters. The van der Waals surface area contributed by atoms with Gasteiger partial charge in [0, 0.05) is 18.4 Å². The van der Waals surface area contributed by atoms with Gasteiger partial charge in [0.1, 0.15) is 5.52 Å². The van der Waals surface area contributed by atoms with E-state index in [2.05, 4.69) is 34.4 Å². The van der Waals surface area contributed by atoms with Gasteiger partial charge in [-0.15, -0.1) is 0 Å². The number of para-hydroxylation sites is 1. The number of nitrogens with two attached hydrogens (primary N) is 1. The molecule has 0 saturated heterocycles. The van der Waals surface area contributed by atoms with E-state index < -0.39 is 6.47 Å². The predicted molar refractivity (Wildman–Crippen MR) is 80.3 cm³/mol. The van der Waals surface area contributed by atoms with E-state index in [-0.39, 0.29) is 0 Å². The molecule has 110 valence electrons. The van der Waals surface area contributed by atoms with Crippen molar-refractivity contribution in [2.24, 2.45) is 5.92 Å². The fourth-order valence-electron chi connectivity index (χ4n) is 2.34. The quantitative estimate of drug-likeness (QED) is 0.713. The van der Waals surface area contributed by atoms with Gasteiger partial charge < -0.3 is 20.2 Å². The van der Waals surface area contributed by atoms with Crippen LogP contribution in [0.25, 0.3) is 21.9 Å². The number of nitrogens with zero attached hydrogens (tertiary/aromatic N) is 3. The molecule has 0 saturated carbocycles. The van der Waals surface area contributed by atoms with Crippen LogP contribution in [-0.4, -0.2) is 21.0 Å². The van der Waals surface area contributed by atoms with Gasteiger partial charge in [-0.25, -0.2) is 9.97 Å². The number of hydrogen-bond donors (Lipinski definition) is 1. The van der Waals surface area contributed by atoms with Crippen molar-refractivity contribution in [3.63, 3.8) is 0 Å². The van der Waals surface area contributed by atoms with Gasteiger partial charge in [0.05, 0.1) is 17.4 Å². The Morgan fingerprint density at radius 3 is 2.71 bits per heavy atom. The van der Waals surface area contributed by atoms with Crippen LogP contribution in [0.5, 0.6) is 0 Å². The van der Waals surface area contributed by atoms with Crippen molar-refractivity contribution >= 4 is 34.2 Å². The first-order valence-electron chi connectivity index (χ1n) is 6.63. The van der Waals surface area contributed by atoms with Crippen LogP contribution in [0.2, 0.25) is 0 Å². The van der Waals surface area contributed by atoms with Crippen LogP contribution in [0.15, 0.2) is 30.6 Å². The fourth-order valence-corrected chi connectivity index (χ4v) is 2.34. The Labute approximate surface area is 122 Å². The number of carboxylic acid groups (broad SMARTS) is 1. The van der Waals surface area contributed by atoms with Gasteiger partial charge in [0.2, 0.25) is 0 Å². The number of anilines is 1. The van der Waals surface area contributed by atoms with Crippen LogP contribution in [0, 0.1) is 5.92 Å². The first-order chi connectivity index (χ1) is 10.1.